The van der Waals surface area contributed by atoms with Crippen molar-refractivity contribution in [3.63, 3.8) is 0 Å². The number of ether oxygens (including phenoxy) is 4. The van der Waals surface area contributed by atoms with Crippen molar-refractivity contribution in [2.45, 2.75) is 199 Å². The van der Waals surface area contributed by atoms with Gasteiger partial charge in [0.15, 0.2) is 0 Å². The third-order valence-corrected chi connectivity index (χ3v) is 15.7. The quantitative estimate of drug-likeness (QED) is 0.143. The van der Waals surface area contributed by atoms with Crippen LogP contribution in [0, 0.1) is 45.3 Å². The molecule has 0 amide bonds. The highest BCUT2D eigenvalue weighted by Crippen LogP contribution is 2.66. The average Bonchev–Trinajstić information content (AvgIpc) is 3.02. The summed E-state index contributed by atoms with van der Waals surface area (Å²) in [4.78, 5) is 43.5. The normalized spacial score (nSPS) is 42.5. The first kappa shape index (κ1) is 38.6. The molecule has 8 aliphatic carbocycles. The molecule has 1 saturated heterocycles. The monoisotopic (exact) mass is 728 g/mol. The molecular formula is C43H68O9. The van der Waals surface area contributed by atoms with Crippen LogP contribution < -0.4 is 0 Å². The summed E-state index contributed by atoms with van der Waals surface area (Å²) in [5.74, 6) is 0.985. The lowest BCUT2D eigenvalue weighted by Gasteiger charge is -2.62. The van der Waals surface area contributed by atoms with E-state index in [0.29, 0.717) is 62.9 Å². The number of aliphatic hydroxyl groups is 2. The van der Waals surface area contributed by atoms with Crippen molar-refractivity contribution in [2.75, 3.05) is 6.61 Å². The van der Waals surface area contributed by atoms with E-state index in [9.17, 15) is 24.6 Å². The molecular weight excluding hydrogens is 660 g/mol. The van der Waals surface area contributed by atoms with Crippen LogP contribution >= 0.6 is 0 Å². The number of carbonyl (C=O) groups is 3. The molecule has 9 nitrogen and oxygen atoms in total. The first-order valence-electron chi connectivity index (χ1n) is 20.9. The van der Waals surface area contributed by atoms with Gasteiger partial charge in [0.2, 0.25) is 6.29 Å². The lowest BCUT2D eigenvalue weighted by Crippen LogP contribution is -2.67. The predicted octanol–water partition coefficient (Wildman–Crippen LogP) is 7.96. The van der Waals surface area contributed by atoms with Gasteiger partial charge in [0, 0.05) is 31.1 Å². The van der Waals surface area contributed by atoms with Gasteiger partial charge in [-0.2, -0.15) is 0 Å². The van der Waals surface area contributed by atoms with Crippen LogP contribution in [0.4, 0.5) is 0 Å². The molecule has 8 bridgehead atoms. The molecule has 0 radical (unpaired) electrons. The average molecular weight is 729 g/mol. The second-order valence-corrected chi connectivity index (χ2v) is 21.1. The molecule has 0 aromatic carbocycles. The molecule has 9 fully saturated rings. The van der Waals surface area contributed by atoms with Crippen LogP contribution in [0.2, 0.25) is 0 Å². The summed E-state index contributed by atoms with van der Waals surface area (Å²) in [6.45, 7) is 14.2. The minimum Gasteiger partial charge on any atom is -0.458 e. The SMILES string of the molecule is CCC(C)(CC(C)(CC(C)(C)C(=O)OC1CCCCO1)C(=O)OC12CC3CC(O)(CC(O)(C3)C1)C2)C(=O)OC(C)(CC)C12CC3CC(CC(C3)C1)C2. The lowest BCUT2D eigenvalue weighted by atomic mass is 9.45. The van der Waals surface area contributed by atoms with Crippen molar-refractivity contribution >= 4 is 17.9 Å². The van der Waals surface area contributed by atoms with Gasteiger partial charge in [-0.3, -0.25) is 14.4 Å². The molecule has 9 aliphatic rings. The molecule has 0 aromatic rings. The van der Waals surface area contributed by atoms with Crippen LogP contribution in [0.3, 0.4) is 0 Å². The van der Waals surface area contributed by atoms with Gasteiger partial charge in [-0.25, -0.2) is 0 Å². The Bertz CT molecular complexity index is 1360. The number of carbonyl (C=O) groups excluding carboxylic acids is 3. The van der Waals surface area contributed by atoms with Crippen molar-refractivity contribution in [1.82, 2.24) is 0 Å². The largest absolute Gasteiger partial charge is 0.458 e. The molecule has 6 unspecified atom stereocenters. The van der Waals surface area contributed by atoms with Crippen molar-refractivity contribution in [2.24, 2.45) is 45.3 Å². The zero-order valence-electron chi connectivity index (χ0n) is 33.3. The van der Waals surface area contributed by atoms with Crippen molar-refractivity contribution in [1.29, 1.82) is 0 Å². The van der Waals surface area contributed by atoms with Crippen molar-refractivity contribution in [3.05, 3.63) is 0 Å². The second kappa shape index (κ2) is 12.9. The summed E-state index contributed by atoms with van der Waals surface area (Å²) >= 11 is 0. The highest BCUT2D eigenvalue weighted by molar-refractivity contribution is 5.83. The Hall–Kier alpha value is -1.71. The van der Waals surface area contributed by atoms with Gasteiger partial charge >= 0.3 is 17.9 Å². The Kier molecular flexibility index (Phi) is 9.59. The van der Waals surface area contributed by atoms with Crippen LogP contribution in [0.25, 0.3) is 0 Å². The van der Waals surface area contributed by atoms with Crippen molar-refractivity contribution in [3.8, 4) is 0 Å². The van der Waals surface area contributed by atoms with Crippen LogP contribution in [-0.4, -0.2) is 63.4 Å². The number of esters is 3. The molecule has 8 saturated carbocycles. The van der Waals surface area contributed by atoms with E-state index in [-0.39, 0.29) is 43.0 Å². The molecule has 2 N–H and O–H groups in total. The number of rotatable bonds is 13. The lowest BCUT2D eigenvalue weighted by molar-refractivity contribution is -0.265. The first-order chi connectivity index (χ1) is 24.2. The molecule has 1 aliphatic heterocycles. The van der Waals surface area contributed by atoms with Crippen LogP contribution in [-0.2, 0) is 33.3 Å². The Labute approximate surface area is 312 Å². The fraction of sp³-hybridized carbons (Fsp3) is 0.930. The Morgan fingerprint density at radius 3 is 1.79 bits per heavy atom. The smallest absolute Gasteiger partial charge is 0.313 e. The van der Waals surface area contributed by atoms with E-state index in [4.69, 9.17) is 18.9 Å². The Morgan fingerprint density at radius 2 is 1.29 bits per heavy atom. The van der Waals surface area contributed by atoms with Crippen LogP contribution in [0.1, 0.15) is 170 Å². The van der Waals surface area contributed by atoms with Gasteiger partial charge in [0.25, 0.3) is 0 Å². The third-order valence-electron chi connectivity index (χ3n) is 15.7. The highest BCUT2D eigenvalue weighted by atomic mass is 16.7. The van der Waals surface area contributed by atoms with Gasteiger partial charge in [-0.15, -0.1) is 0 Å². The Balaban J connectivity index is 1.16. The van der Waals surface area contributed by atoms with E-state index in [1.807, 2.05) is 20.8 Å². The summed E-state index contributed by atoms with van der Waals surface area (Å²) in [5.41, 5.74) is -7.22. The second-order valence-electron chi connectivity index (χ2n) is 21.1. The molecule has 1 heterocycles. The summed E-state index contributed by atoms with van der Waals surface area (Å²) in [7, 11) is 0. The maximum absolute atomic E-state index is 14.9. The maximum atomic E-state index is 14.9. The minimum atomic E-state index is -1.29. The van der Waals surface area contributed by atoms with Gasteiger partial charge in [0.05, 0.1) is 34.1 Å². The van der Waals surface area contributed by atoms with Crippen LogP contribution in [0.15, 0.2) is 0 Å². The molecule has 294 valence electrons. The minimum absolute atomic E-state index is 0.0189. The van der Waals surface area contributed by atoms with E-state index in [2.05, 4.69) is 13.8 Å². The molecule has 6 atom stereocenters. The zero-order chi connectivity index (χ0) is 37.6. The fourth-order valence-corrected chi connectivity index (χ4v) is 13.9. The van der Waals surface area contributed by atoms with Gasteiger partial charge in [-0.1, -0.05) is 13.8 Å². The van der Waals surface area contributed by atoms with E-state index in [1.54, 1.807) is 13.8 Å². The van der Waals surface area contributed by atoms with Gasteiger partial charge in [0.1, 0.15) is 11.2 Å². The predicted molar refractivity (Wildman–Crippen MR) is 195 cm³/mol. The maximum Gasteiger partial charge on any atom is 0.313 e. The topological polar surface area (TPSA) is 129 Å². The standard InChI is InChI=1S/C43H68O9/c1-8-37(5,34(45)51-39(7,9-2)40-17-28-14-29(18-40)16-30(15-28)19-40)24-38(6,23-36(3,4)33(44)50-32-12-10-11-13-49-32)35(46)52-43-22-31-20-41(47,26-43)25-42(48,21-31)27-43/h28-32,47-48H,8-27H2,1-7H3. The van der Waals surface area contributed by atoms with E-state index >= 15 is 0 Å². The van der Waals surface area contributed by atoms with E-state index in [1.165, 1.54) is 19.3 Å². The Morgan fingerprint density at radius 1 is 0.692 bits per heavy atom. The zero-order valence-corrected chi connectivity index (χ0v) is 33.3. The summed E-state index contributed by atoms with van der Waals surface area (Å²) in [5, 5.41) is 23.0. The summed E-state index contributed by atoms with van der Waals surface area (Å²) in [6, 6.07) is 0. The molecule has 9 rings (SSSR count). The third kappa shape index (κ3) is 6.88. The highest BCUT2D eigenvalue weighted by Gasteiger charge is 2.66. The summed E-state index contributed by atoms with van der Waals surface area (Å²) < 4.78 is 25.0. The van der Waals surface area contributed by atoms with Crippen LogP contribution in [0.5, 0.6) is 0 Å². The number of hydrogen-bond acceptors (Lipinski definition) is 9. The molecule has 0 spiro atoms. The van der Waals surface area contributed by atoms with E-state index in [0.717, 1.165) is 38.5 Å². The van der Waals surface area contributed by atoms with Gasteiger partial charge in [-0.05, 0) is 155 Å². The van der Waals surface area contributed by atoms with Gasteiger partial charge < -0.3 is 29.2 Å². The molecule has 0 aromatic heterocycles. The number of hydrogen-bond donors (Lipinski definition) is 2. The molecule has 52 heavy (non-hydrogen) atoms. The van der Waals surface area contributed by atoms with Crippen molar-refractivity contribution < 1.29 is 43.5 Å². The first-order valence-corrected chi connectivity index (χ1v) is 20.9. The summed E-state index contributed by atoms with van der Waals surface area (Å²) in [6.07, 6.45) is 13.2. The van der Waals surface area contributed by atoms with E-state index < -0.39 is 56.9 Å². The molecule has 9 heteroatoms. The fourth-order valence-electron chi connectivity index (χ4n) is 13.9.